The van der Waals surface area contributed by atoms with E-state index >= 15 is 0 Å². The molecule has 3 aromatic heterocycles. The van der Waals surface area contributed by atoms with E-state index in [4.69, 9.17) is 39.3 Å². The van der Waals surface area contributed by atoms with Crippen molar-refractivity contribution in [3.63, 3.8) is 0 Å². The van der Waals surface area contributed by atoms with Crippen LogP contribution in [0.2, 0.25) is 5.02 Å². The maximum absolute atomic E-state index is 11.8. The second-order valence-electron chi connectivity index (χ2n) is 8.09. The van der Waals surface area contributed by atoms with Crippen LogP contribution in [0.25, 0.3) is 22.7 Å². The normalized spacial score (nSPS) is 13.8. The van der Waals surface area contributed by atoms with E-state index in [9.17, 15) is 4.79 Å². The molecule has 1 aliphatic heterocycles. The molecule has 0 atom stereocenters. The summed E-state index contributed by atoms with van der Waals surface area (Å²) in [6, 6.07) is 16.8. The van der Waals surface area contributed by atoms with Gasteiger partial charge in [-0.05, 0) is 36.4 Å². The lowest BCUT2D eigenvalue weighted by atomic mass is 10.1. The zero-order valence-corrected chi connectivity index (χ0v) is 21.2. The van der Waals surface area contributed by atoms with Gasteiger partial charge in [-0.2, -0.15) is 0 Å². The van der Waals surface area contributed by atoms with Crippen LogP contribution in [-0.2, 0) is 4.79 Å². The molecular formula is C25H21Cl3N6O2. The van der Waals surface area contributed by atoms with E-state index in [1.54, 1.807) is 24.4 Å². The third-order valence-electron chi connectivity index (χ3n) is 5.83. The van der Waals surface area contributed by atoms with Crippen molar-refractivity contribution in [2.75, 3.05) is 41.3 Å². The van der Waals surface area contributed by atoms with Gasteiger partial charge in [-0.3, -0.25) is 9.78 Å². The fourth-order valence-corrected chi connectivity index (χ4v) is 4.48. The number of hydrogen-bond acceptors (Lipinski definition) is 7. The lowest BCUT2D eigenvalue weighted by molar-refractivity contribution is -0.114. The Labute approximate surface area is 222 Å². The number of amides is 1. The van der Waals surface area contributed by atoms with E-state index in [2.05, 4.69) is 30.2 Å². The summed E-state index contributed by atoms with van der Waals surface area (Å²) < 4.78 is 5.61. The topological polar surface area (TPSA) is 87.4 Å². The first-order valence-corrected chi connectivity index (χ1v) is 12.5. The molecule has 0 radical (unpaired) electrons. The van der Waals surface area contributed by atoms with E-state index in [-0.39, 0.29) is 0 Å². The van der Waals surface area contributed by atoms with Crippen LogP contribution in [0.4, 0.5) is 17.2 Å². The molecule has 0 saturated carbocycles. The molecule has 0 spiro atoms. The summed E-state index contributed by atoms with van der Waals surface area (Å²) in [5, 5.41) is 7.48. The highest BCUT2D eigenvalue weighted by Crippen LogP contribution is 2.38. The van der Waals surface area contributed by atoms with E-state index in [0.717, 1.165) is 43.2 Å². The minimum absolute atomic E-state index is 0.431. The van der Waals surface area contributed by atoms with Gasteiger partial charge in [-0.15, -0.1) is 0 Å². The number of alkyl halides is 2. The van der Waals surface area contributed by atoms with Crippen LogP contribution >= 0.6 is 34.8 Å². The Hall–Kier alpha value is -3.33. The first-order valence-electron chi connectivity index (χ1n) is 11.2. The predicted octanol–water partition coefficient (Wildman–Crippen LogP) is 5.52. The summed E-state index contributed by atoms with van der Waals surface area (Å²) in [5.41, 5.74) is 3.34. The molecular weight excluding hydrogens is 523 g/mol. The van der Waals surface area contributed by atoms with E-state index < -0.39 is 10.7 Å². The molecule has 8 nitrogen and oxygen atoms in total. The van der Waals surface area contributed by atoms with Gasteiger partial charge in [0, 0.05) is 61.6 Å². The number of benzene rings is 1. The Morgan fingerprint density at radius 2 is 1.72 bits per heavy atom. The Kier molecular flexibility index (Phi) is 7.27. The summed E-state index contributed by atoms with van der Waals surface area (Å²) in [4.78, 5) is 24.0. The minimum atomic E-state index is -1.18. The number of carbonyl (C=O) groups excluding carboxylic acids is 1. The molecule has 184 valence electrons. The number of anilines is 3. The molecule has 1 fully saturated rings. The quantitative estimate of drug-likeness (QED) is 0.320. The second-order valence-corrected chi connectivity index (χ2v) is 9.60. The van der Waals surface area contributed by atoms with Crippen LogP contribution in [0.15, 0.2) is 71.5 Å². The Balaban J connectivity index is 1.38. The first kappa shape index (κ1) is 24.4. The van der Waals surface area contributed by atoms with Gasteiger partial charge in [0.25, 0.3) is 5.91 Å². The van der Waals surface area contributed by atoms with Crippen LogP contribution in [0, 0.1) is 0 Å². The lowest BCUT2D eigenvalue weighted by Crippen LogP contribution is -2.47. The number of nitrogens with zero attached hydrogens (tertiary/aromatic N) is 5. The monoisotopic (exact) mass is 542 g/mol. The number of pyridine rings is 2. The van der Waals surface area contributed by atoms with Crippen LogP contribution in [-0.4, -0.2) is 52.0 Å². The molecule has 1 amide bonds. The number of rotatable bonds is 6. The summed E-state index contributed by atoms with van der Waals surface area (Å²) in [6.45, 7) is 3.28. The molecule has 1 aliphatic rings. The molecule has 4 heterocycles. The number of nitrogens with one attached hydrogen (secondary N) is 1. The largest absolute Gasteiger partial charge is 0.367 e. The van der Waals surface area contributed by atoms with Gasteiger partial charge in [-0.1, -0.05) is 52.1 Å². The molecule has 1 N–H and O–H groups in total. The molecule has 4 aromatic rings. The average Bonchev–Trinajstić information content (AvgIpc) is 3.39. The van der Waals surface area contributed by atoms with Gasteiger partial charge < -0.3 is 19.6 Å². The molecule has 11 heteroatoms. The maximum Gasteiger partial charge on any atom is 0.257 e. The Morgan fingerprint density at radius 1 is 0.917 bits per heavy atom. The highest BCUT2D eigenvalue weighted by Gasteiger charge is 2.24. The summed E-state index contributed by atoms with van der Waals surface area (Å²) >= 11 is 17.9. The van der Waals surface area contributed by atoms with Crippen LogP contribution in [0.5, 0.6) is 0 Å². The number of hydrogen-bond donors (Lipinski definition) is 1. The zero-order valence-electron chi connectivity index (χ0n) is 18.9. The summed E-state index contributed by atoms with van der Waals surface area (Å²) in [6.07, 6.45) is 3.36. The fourth-order valence-electron chi connectivity index (χ4n) is 4.10. The van der Waals surface area contributed by atoms with Crippen molar-refractivity contribution in [1.82, 2.24) is 15.1 Å². The average molecular weight is 544 g/mol. The zero-order chi connectivity index (χ0) is 25.1. The Bertz CT molecular complexity index is 1360. The van der Waals surface area contributed by atoms with Crippen molar-refractivity contribution in [3.8, 4) is 22.7 Å². The van der Waals surface area contributed by atoms with Gasteiger partial charge in [0.05, 0.1) is 5.02 Å². The molecule has 5 rings (SSSR count). The standard InChI is InChI=1S/C25H21Cl3N6O2/c26-17-4-3-5-20(33-10-12-34(13-11-33)22-6-1-2-8-30-22)23(17)19-15-21(36-32-19)18-14-16(7-9-29-18)31-25(35)24(27)28/h1-9,14-15,24H,10-13H2,(H,29,31,35). The van der Waals surface area contributed by atoms with Gasteiger partial charge in [0.15, 0.2) is 10.6 Å². The SMILES string of the molecule is O=C(Nc1ccnc(-c2cc(-c3c(Cl)cccc3N3CCN(c4ccccn4)CC3)no2)c1)C(Cl)Cl. The van der Waals surface area contributed by atoms with Crippen LogP contribution in [0.3, 0.4) is 0 Å². The van der Waals surface area contributed by atoms with Crippen LogP contribution < -0.4 is 15.1 Å². The molecule has 1 aromatic carbocycles. The Morgan fingerprint density at radius 3 is 2.47 bits per heavy atom. The van der Waals surface area contributed by atoms with Gasteiger partial charge >= 0.3 is 0 Å². The number of aromatic nitrogens is 3. The van der Waals surface area contributed by atoms with Gasteiger partial charge in [0.1, 0.15) is 17.2 Å². The van der Waals surface area contributed by atoms with Crippen molar-refractivity contribution in [3.05, 3.63) is 72.0 Å². The van der Waals surface area contributed by atoms with E-state index in [1.165, 1.54) is 0 Å². The first-order chi connectivity index (χ1) is 17.5. The lowest BCUT2D eigenvalue weighted by Gasteiger charge is -2.37. The second kappa shape index (κ2) is 10.7. The number of piperazine rings is 1. The molecule has 0 bridgehead atoms. The van der Waals surface area contributed by atoms with Gasteiger partial charge in [0.2, 0.25) is 0 Å². The third kappa shape index (κ3) is 5.26. The molecule has 0 unspecified atom stereocenters. The van der Waals surface area contributed by atoms with Crippen molar-refractivity contribution >= 4 is 57.9 Å². The summed E-state index contributed by atoms with van der Waals surface area (Å²) in [5.74, 6) is 0.876. The molecule has 0 aliphatic carbocycles. The smallest absolute Gasteiger partial charge is 0.257 e. The predicted molar refractivity (Wildman–Crippen MR) is 143 cm³/mol. The van der Waals surface area contributed by atoms with Crippen molar-refractivity contribution in [1.29, 1.82) is 0 Å². The minimum Gasteiger partial charge on any atom is -0.367 e. The van der Waals surface area contributed by atoms with E-state index in [0.29, 0.717) is 27.9 Å². The van der Waals surface area contributed by atoms with Crippen molar-refractivity contribution in [2.45, 2.75) is 4.84 Å². The van der Waals surface area contributed by atoms with Crippen molar-refractivity contribution < 1.29 is 9.32 Å². The number of carbonyl (C=O) groups is 1. The third-order valence-corrected chi connectivity index (χ3v) is 6.54. The summed E-state index contributed by atoms with van der Waals surface area (Å²) in [7, 11) is 0. The van der Waals surface area contributed by atoms with Crippen molar-refractivity contribution in [2.24, 2.45) is 0 Å². The molecule has 36 heavy (non-hydrogen) atoms. The highest BCUT2D eigenvalue weighted by molar-refractivity contribution is 6.54. The highest BCUT2D eigenvalue weighted by atomic mass is 35.5. The number of halogens is 3. The molecule has 1 saturated heterocycles. The van der Waals surface area contributed by atoms with E-state index in [1.807, 2.05) is 42.6 Å². The maximum atomic E-state index is 11.8. The van der Waals surface area contributed by atoms with Crippen LogP contribution in [0.1, 0.15) is 0 Å². The van der Waals surface area contributed by atoms with Gasteiger partial charge in [-0.25, -0.2) is 4.98 Å². The fraction of sp³-hybridized carbons (Fsp3) is 0.200.